The van der Waals surface area contributed by atoms with Gasteiger partial charge in [0.1, 0.15) is 5.02 Å². The van der Waals surface area contributed by atoms with E-state index in [1.165, 1.54) is 24.3 Å². The second-order valence-corrected chi connectivity index (χ2v) is 5.91. The van der Waals surface area contributed by atoms with E-state index in [0.717, 1.165) is 6.42 Å². The molecule has 0 heterocycles. The number of esters is 1. The number of nitro benzene ring substituents is 1. The highest BCUT2D eigenvalue weighted by atomic mass is 35.5. The Bertz CT molecular complexity index is 878. The van der Waals surface area contributed by atoms with Gasteiger partial charge < -0.3 is 10.1 Å². The molecule has 140 valence electrons. The predicted molar refractivity (Wildman–Crippen MR) is 103 cm³/mol. The van der Waals surface area contributed by atoms with Crippen molar-refractivity contribution >= 4 is 40.9 Å². The fourth-order valence-electron chi connectivity index (χ4n) is 2.10. The van der Waals surface area contributed by atoms with Crippen LogP contribution in [0.2, 0.25) is 5.02 Å². The van der Waals surface area contributed by atoms with E-state index < -0.39 is 16.8 Å². The summed E-state index contributed by atoms with van der Waals surface area (Å²) >= 11 is 5.75. The van der Waals surface area contributed by atoms with Crippen molar-refractivity contribution in [3.05, 3.63) is 74.8 Å². The van der Waals surface area contributed by atoms with Crippen LogP contribution in [-0.4, -0.2) is 23.4 Å². The molecule has 0 fully saturated rings. The maximum Gasteiger partial charge on any atom is 0.338 e. The summed E-state index contributed by atoms with van der Waals surface area (Å²) in [5, 5.41) is 13.5. The minimum absolute atomic E-state index is 0.0270. The first kappa shape index (κ1) is 20.1. The fourth-order valence-corrected chi connectivity index (χ4v) is 2.28. The van der Waals surface area contributed by atoms with Crippen LogP contribution < -0.4 is 5.32 Å². The molecule has 0 spiro atoms. The normalized spacial score (nSPS) is 10.6. The second-order valence-electron chi connectivity index (χ2n) is 5.50. The van der Waals surface area contributed by atoms with Crippen LogP contribution >= 0.6 is 11.6 Å². The zero-order valence-corrected chi connectivity index (χ0v) is 15.2. The number of benzene rings is 2. The van der Waals surface area contributed by atoms with E-state index in [4.69, 9.17) is 16.3 Å². The summed E-state index contributed by atoms with van der Waals surface area (Å²) in [5.74, 6) is -0.840. The van der Waals surface area contributed by atoms with Crippen molar-refractivity contribution in [1.29, 1.82) is 0 Å². The third kappa shape index (κ3) is 5.93. The monoisotopic (exact) mass is 388 g/mol. The molecule has 0 saturated carbocycles. The zero-order valence-electron chi connectivity index (χ0n) is 14.5. The number of ether oxygens (including phenoxy) is 1. The van der Waals surface area contributed by atoms with Gasteiger partial charge in [0.15, 0.2) is 0 Å². The Morgan fingerprint density at radius 3 is 2.56 bits per heavy atom. The lowest BCUT2D eigenvalue weighted by Gasteiger charge is -2.05. The first-order valence-corrected chi connectivity index (χ1v) is 8.48. The lowest BCUT2D eigenvalue weighted by Crippen LogP contribution is -2.09. The van der Waals surface area contributed by atoms with E-state index in [1.54, 1.807) is 30.3 Å². The number of nitro groups is 1. The number of hydrogen-bond donors (Lipinski definition) is 1. The van der Waals surface area contributed by atoms with Crippen molar-refractivity contribution in [2.24, 2.45) is 0 Å². The van der Waals surface area contributed by atoms with Crippen LogP contribution in [0.5, 0.6) is 0 Å². The third-order valence-electron chi connectivity index (χ3n) is 3.42. The molecule has 2 aromatic rings. The van der Waals surface area contributed by atoms with Gasteiger partial charge in [-0.05, 0) is 48.4 Å². The summed E-state index contributed by atoms with van der Waals surface area (Å²) < 4.78 is 5.03. The van der Waals surface area contributed by atoms with Crippen molar-refractivity contribution < 1.29 is 19.2 Å². The summed E-state index contributed by atoms with van der Waals surface area (Å²) in [7, 11) is 0. The first-order chi connectivity index (χ1) is 12.9. The van der Waals surface area contributed by atoms with Crippen molar-refractivity contribution in [1.82, 2.24) is 0 Å². The highest BCUT2D eigenvalue weighted by Gasteiger charge is 2.12. The zero-order chi connectivity index (χ0) is 19.8. The highest BCUT2D eigenvalue weighted by molar-refractivity contribution is 6.32. The first-order valence-electron chi connectivity index (χ1n) is 8.11. The molecule has 0 bridgehead atoms. The van der Waals surface area contributed by atoms with Gasteiger partial charge in [-0.3, -0.25) is 14.9 Å². The summed E-state index contributed by atoms with van der Waals surface area (Å²) in [6.07, 6.45) is 3.43. The standard InChI is InChI=1S/C19H17ClN2O5/c1-2-11-27-19(24)14-5-7-15(8-6-14)21-18(23)10-4-13-3-9-16(20)17(12-13)22(25)26/h3-10,12H,2,11H2,1H3,(H,21,23)/b10-4+. The Balaban J connectivity index is 1.99. The SMILES string of the molecule is CCCOC(=O)c1ccc(NC(=O)/C=C/c2ccc(Cl)c([N+](=O)[O-])c2)cc1. The van der Waals surface area contributed by atoms with Crippen LogP contribution in [0.3, 0.4) is 0 Å². The van der Waals surface area contributed by atoms with Gasteiger partial charge in [0.2, 0.25) is 5.91 Å². The van der Waals surface area contributed by atoms with E-state index in [0.29, 0.717) is 23.4 Å². The average molecular weight is 389 g/mol. The molecule has 0 aromatic heterocycles. The molecule has 0 atom stereocenters. The van der Waals surface area contributed by atoms with Crippen LogP contribution in [0, 0.1) is 10.1 Å². The number of carbonyl (C=O) groups excluding carboxylic acids is 2. The predicted octanol–water partition coefficient (Wildman–Crippen LogP) is 4.47. The van der Waals surface area contributed by atoms with Gasteiger partial charge in [-0.15, -0.1) is 0 Å². The number of nitrogens with one attached hydrogen (secondary N) is 1. The minimum Gasteiger partial charge on any atom is -0.462 e. The van der Waals surface area contributed by atoms with Crippen LogP contribution in [-0.2, 0) is 9.53 Å². The van der Waals surface area contributed by atoms with E-state index >= 15 is 0 Å². The minimum atomic E-state index is -0.590. The van der Waals surface area contributed by atoms with Crippen LogP contribution in [0.25, 0.3) is 6.08 Å². The molecule has 0 saturated heterocycles. The van der Waals surface area contributed by atoms with E-state index in [9.17, 15) is 19.7 Å². The number of hydrogen-bond acceptors (Lipinski definition) is 5. The molecule has 7 nitrogen and oxygen atoms in total. The largest absolute Gasteiger partial charge is 0.462 e. The summed E-state index contributed by atoms with van der Waals surface area (Å²) in [6, 6.07) is 10.5. The van der Waals surface area contributed by atoms with Gasteiger partial charge in [-0.1, -0.05) is 24.6 Å². The Hall–Kier alpha value is -3.19. The number of halogens is 1. The van der Waals surface area contributed by atoms with Gasteiger partial charge in [0, 0.05) is 17.8 Å². The molecular formula is C19H17ClN2O5. The van der Waals surface area contributed by atoms with Crippen LogP contribution in [0.15, 0.2) is 48.5 Å². The van der Waals surface area contributed by atoms with Crippen molar-refractivity contribution in [3.63, 3.8) is 0 Å². The average Bonchev–Trinajstić information content (AvgIpc) is 2.65. The number of nitrogens with zero attached hydrogens (tertiary/aromatic N) is 1. The van der Waals surface area contributed by atoms with E-state index in [1.807, 2.05) is 6.92 Å². The molecule has 1 N–H and O–H groups in total. The quantitative estimate of drug-likeness (QED) is 0.326. The number of anilines is 1. The molecule has 27 heavy (non-hydrogen) atoms. The van der Waals surface area contributed by atoms with Crippen molar-refractivity contribution in [3.8, 4) is 0 Å². The number of carbonyl (C=O) groups is 2. The topological polar surface area (TPSA) is 98.5 Å². The molecule has 1 amide bonds. The molecular weight excluding hydrogens is 372 g/mol. The van der Waals surface area contributed by atoms with Crippen LogP contribution in [0.4, 0.5) is 11.4 Å². The highest BCUT2D eigenvalue weighted by Crippen LogP contribution is 2.25. The maximum atomic E-state index is 12.0. The molecule has 2 rings (SSSR count). The molecule has 0 aliphatic rings. The Morgan fingerprint density at radius 1 is 1.22 bits per heavy atom. The van der Waals surface area contributed by atoms with Crippen molar-refractivity contribution in [2.75, 3.05) is 11.9 Å². The summed E-state index contributed by atoms with van der Waals surface area (Å²) in [5.41, 5.74) is 1.13. The number of rotatable bonds is 7. The molecule has 0 radical (unpaired) electrons. The summed E-state index contributed by atoms with van der Waals surface area (Å²) in [4.78, 5) is 34.0. The lowest BCUT2D eigenvalue weighted by molar-refractivity contribution is -0.384. The lowest BCUT2D eigenvalue weighted by atomic mass is 10.2. The third-order valence-corrected chi connectivity index (χ3v) is 3.74. The Kier molecular flexibility index (Phi) is 7.08. The Labute approximate surface area is 160 Å². The van der Waals surface area contributed by atoms with Gasteiger partial charge in [0.25, 0.3) is 5.69 Å². The maximum absolute atomic E-state index is 12.0. The molecule has 2 aromatic carbocycles. The molecule has 0 aliphatic heterocycles. The van der Waals surface area contributed by atoms with E-state index in [2.05, 4.69) is 5.32 Å². The van der Waals surface area contributed by atoms with Gasteiger partial charge in [-0.2, -0.15) is 0 Å². The van der Waals surface area contributed by atoms with Crippen molar-refractivity contribution in [2.45, 2.75) is 13.3 Å². The molecule has 8 heteroatoms. The fraction of sp³-hybridized carbons (Fsp3) is 0.158. The van der Waals surface area contributed by atoms with Gasteiger partial charge in [0.05, 0.1) is 17.1 Å². The van der Waals surface area contributed by atoms with Gasteiger partial charge >= 0.3 is 5.97 Å². The van der Waals surface area contributed by atoms with Gasteiger partial charge in [-0.25, -0.2) is 4.79 Å². The molecule has 0 unspecified atom stereocenters. The van der Waals surface area contributed by atoms with E-state index in [-0.39, 0.29) is 10.7 Å². The smallest absolute Gasteiger partial charge is 0.338 e. The summed E-state index contributed by atoms with van der Waals surface area (Å²) in [6.45, 7) is 2.26. The van der Waals surface area contributed by atoms with Crippen LogP contribution in [0.1, 0.15) is 29.3 Å². The number of amides is 1. The second kappa shape index (κ2) is 9.49. The molecule has 0 aliphatic carbocycles. The Morgan fingerprint density at radius 2 is 1.93 bits per heavy atom.